The third-order valence-electron chi connectivity index (χ3n) is 4.98. The monoisotopic (exact) mass is 404 g/mol. The van der Waals surface area contributed by atoms with E-state index in [0.717, 1.165) is 44.2 Å². The van der Waals surface area contributed by atoms with Crippen molar-refractivity contribution in [2.45, 2.75) is 12.6 Å². The van der Waals surface area contributed by atoms with E-state index in [1.54, 1.807) is 19.2 Å². The first-order chi connectivity index (χ1) is 13.7. The van der Waals surface area contributed by atoms with E-state index in [0.29, 0.717) is 11.7 Å². The van der Waals surface area contributed by atoms with Crippen molar-refractivity contribution in [1.82, 2.24) is 10.6 Å². The lowest BCUT2D eigenvalue weighted by Gasteiger charge is -2.32. The Bertz CT molecular complexity index is 749. The molecule has 0 bridgehead atoms. The molecule has 1 fully saturated rings. The lowest BCUT2D eigenvalue weighted by molar-refractivity contribution is -0.937. The van der Waals surface area contributed by atoms with Crippen LogP contribution in [0.25, 0.3) is 0 Å². The van der Waals surface area contributed by atoms with Gasteiger partial charge in [0, 0.05) is 12.1 Å². The van der Waals surface area contributed by atoms with Crippen molar-refractivity contribution in [2.24, 2.45) is 0 Å². The molecule has 7 heteroatoms. The van der Waals surface area contributed by atoms with Gasteiger partial charge in [-0.25, -0.2) is 4.39 Å². The van der Waals surface area contributed by atoms with Gasteiger partial charge in [-0.05, 0) is 54.2 Å². The van der Waals surface area contributed by atoms with Crippen molar-refractivity contribution in [3.8, 4) is 5.75 Å². The minimum atomic E-state index is -0.236. The van der Waals surface area contributed by atoms with E-state index in [1.165, 1.54) is 22.6 Å². The number of hydrogen-bond donors (Lipinski definition) is 3. The largest absolute Gasteiger partial charge is 0.497 e. The van der Waals surface area contributed by atoms with E-state index >= 15 is 0 Å². The van der Waals surface area contributed by atoms with E-state index < -0.39 is 0 Å². The van der Waals surface area contributed by atoms with Crippen LogP contribution in [-0.2, 0) is 11.3 Å². The molecule has 0 saturated carbocycles. The Labute approximate surface area is 170 Å². The SMILES string of the molecule is COc1ccc([C@@H](CNC(=S)NCc2ccc(F)cc2)[NH+]2CCOCC2)cc1. The number of methoxy groups -OCH3 is 1. The van der Waals surface area contributed by atoms with Crippen LogP contribution < -0.4 is 20.3 Å². The molecule has 1 aliphatic rings. The lowest BCUT2D eigenvalue weighted by atomic mass is 10.0. The van der Waals surface area contributed by atoms with Gasteiger partial charge in [-0.3, -0.25) is 0 Å². The van der Waals surface area contributed by atoms with Crippen molar-refractivity contribution >= 4 is 17.3 Å². The van der Waals surface area contributed by atoms with Gasteiger partial charge in [0.2, 0.25) is 0 Å². The summed E-state index contributed by atoms with van der Waals surface area (Å²) in [5.41, 5.74) is 2.22. The summed E-state index contributed by atoms with van der Waals surface area (Å²) >= 11 is 5.44. The van der Waals surface area contributed by atoms with Crippen molar-refractivity contribution in [3.05, 3.63) is 65.5 Å². The number of morpholine rings is 1. The number of thiocarbonyl (C=S) groups is 1. The summed E-state index contributed by atoms with van der Waals surface area (Å²) in [6.07, 6.45) is 0. The number of halogens is 1. The van der Waals surface area contributed by atoms with Crippen LogP contribution in [-0.4, -0.2) is 45.1 Å². The molecular formula is C21H27FN3O2S+. The van der Waals surface area contributed by atoms with Gasteiger partial charge >= 0.3 is 0 Å². The topological polar surface area (TPSA) is 47.0 Å². The van der Waals surface area contributed by atoms with E-state index in [9.17, 15) is 4.39 Å². The molecule has 1 saturated heterocycles. The van der Waals surface area contributed by atoms with Crippen LogP contribution >= 0.6 is 12.2 Å². The first-order valence-corrected chi connectivity index (χ1v) is 9.89. The van der Waals surface area contributed by atoms with Crippen molar-refractivity contribution < 1.29 is 18.8 Å². The maximum absolute atomic E-state index is 13.0. The molecule has 1 atom stereocenters. The molecule has 0 radical (unpaired) electrons. The van der Waals surface area contributed by atoms with Crippen LogP contribution in [0.5, 0.6) is 5.75 Å². The number of hydrogen-bond acceptors (Lipinski definition) is 3. The third kappa shape index (κ3) is 5.89. The zero-order valence-corrected chi connectivity index (χ0v) is 16.9. The maximum atomic E-state index is 13.0. The first-order valence-electron chi connectivity index (χ1n) is 9.48. The van der Waals surface area contributed by atoms with Crippen molar-refractivity contribution in [2.75, 3.05) is 40.0 Å². The van der Waals surface area contributed by atoms with Gasteiger partial charge < -0.3 is 25.0 Å². The molecule has 0 aliphatic carbocycles. The summed E-state index contributed by atoms with van der Waals surface area (Å²) in [7, 11) is 1.67. The summed E-state index contributed by atoms with van der Waals surface area (Å²) in [5, 5.41) is 7.13. The predicted octanol–water partition coefficient (Wildman–Crippen LogP) is 1.45. The smallest absolute Gasteiger partial charge is 0.166 e. The quantitative estimate of drug-likeness (QED) is 0.610. The summed E-state index contributed by atoms with van der Waals surface area (Å²) < 4.78 is 23.8. The highest BCUT2D eigenvalue weighted by molar-refractivity contribution is 7.80. The average Bonchev–Trinajstić information content (AvgIpc) is 2.74. The number of nitrogens with one attached hydrogen (secondary N) is 3. The van der Waals surface area contributed by atoms with E-state index in [-0.39, 0.29) is 11.9 Å². The highest BCUT2D eigenvalue weighted by atomic mass is 32.1. The summed E-state index contributed by atoms with van der Waals surface area (Å²) in [6, 6.07) is 14.9. The van der Waals surface area contributed by atoms with Crippen LogP contribution in [0.2, 0.25) is 0 Å². The number of ether oxygens (including phenoxy) is 2. The molecule has 1 heterocycles. The van der Waals surface area contributed by atoms with E-state index in [4.69, 9.17) is 21.7 Å². The Morgan fingerprint density at radius 3 is 2.43 bits per heavy atom. The van der Waals surface area contributed by atoms with Gasteiger partial charge in [0.15, 0.2) is 5.11 Å². The summed E-state index contributed by atoms with van der Waals surface area (Å²) in [5.74, 6) is 0.615. The standard InChI is InChI=1S/C21H26FN3O2S/c1-26-19-8-4-17(5-9-19)20(25-10-12-27-13-11-25)15-24-21(28)23-14-16-2-6-18(22)7-3-16/h2-9,20H,10-15H2,1H3,(H2,23,24,28)/p+1/t20-/m1/s1. The van der Waals surface area contributed by atoms with Crippen molar-refractivity contribution in [1.29, 1.82) is 0 Å². The van der Waals surface area contributed by atoms with Crippen LogP contribution in [0.1, 0.15) is 17.2 Å². The van der Waals surface area contributed by atoms with E-state index in [2.05, 4.69) is 22.8 Å². The number of quaternary nitrogens is 1. The van der Waals surface area contributed by atoms with Gasteiger partial charge in [-0.2, -0.15) is 0 Å². The fourth-order valence-corrected chi connectivity index (χ4v) is 3.51. The van der Waals surface area contributed by atoms with Crippen LogP contribution in [0.3, 0.4) is 0 Å². The molecular weight excluding hydrogens is 377 g/mol. The number of rotatable bonds is 7. The molecule has 0 aromatic heterocycles. The van der Waals surface area contributed by atoms with Gasteiger partial charge in [0.05, 0.1) is 26.9 Å². The van der Waals surface area contributed by atoms with Crippen LogP contribution in [0.4, 0.5) is 4.39 Å². The lowest BCUT2D eigenvalue weighted by Crippen LogP contribution is -3.15. The molecule has 0 amide bonds. The molecule has 3 rings (SSSR count). The van der Waals surface area contributed by atoms with Gasteiger partial charge in [0.1, 0.15) is 30.7 Å². The maximum Gasteiger partial charge on any atom is 0.166 e. The Balaban J connectivity index is 1.58. The molecule has 2 aromatic carbocycles. The predicted molar refractivity (Wildman–Crippen MR) is 111 cm³/mol. The third-order valence-corrected chi connectivity index (χ3v) is 5.27. The molecule has 1 aliphatic heterocycles. The Morgan fingerprint density at radius 2 is 1.79 bits per heavy atom. The molecule has 2 aromatic rings. The average molecular weight is 405 g/mol. The Morgan fingerprint density at radius 1 is 1.11 bits per heavy atom. The number of benzene rings is 2. The summed E-state index contributed by atoms with van der Waals surface area (Å²) in [4.78, 5) is 1.48. The Kier molecular flexibility index (Phi) is 7.59. The molecule has 28 heavy (non-hydrogen) atoms. The summed E-state index contributed by atoms with van der Waals surface area (Å²) in [6.45, 7) is 4.76. The highest BCUT2D eigenvalue weighted by Crippen LogP contribution is 2.16. The van der Waals surface area contributed by atoms with Crippen LogP contribution in [0.15, 0.2) is 48.5 Å². The van der Waals surface area contributed by atoms with Crippen LogP contribution in [0, 0.1) is 5.82 Å². The fourth-order valence-electron chi connectivity index (χ4n) is 3.36. The second-order valence-corrected chi connectivity index (χ2v) is 7.19. The molecule has 150 valence electrons. The zero-order valence-electron chi connectivity index (χ0n) is 16.0. The minimum absolute atomic E-state index is 0.236. The second kappa shape index (κ2) is 10.4. The first kappa shape index (κ1) is 20.5. The zero-order chi connectivity index (χ0) is 19.8. The Hall–Kier alpha value is -2.22. The van der Waals surface area contributed by atoms with E-state index in [1.807, 2.05) is 12.1 Å². The minimum Gasteiger partial charge on any atom is -0.497 e. The normalized spacial score (nSPS) is 15.6. The van der Waals surface area contributed by atoms with Gasteiger partial charge in [0.25, 0.3) is 0 Å². The highest BCUT2D eigenvalue weighted by Gasteiger charge is 2.26. The fraction of sp³-hybridized carbons (Fsp3) is 0.381. The second-order valence-electron chi connectivity index (χ2n) is 6.79. The molecule has 0 spiro atoms. The molecule has 3 N–H and O–H groups in total. The van der Waals surface area contributed by atoms with Gasteiger partial charge in [-0.1, -0.05) is 12.1 Å². The van der Waals surface area contributed by atoms with Crippen molar-refractivity contribution in [3.63, 3.8) is 0 Å². The molecule has 5 nitrogen and oxygen atoms in total. The van der Waals surface area contributed by atoms with Gasteiger partial charge in [-0.15, -0.1) is 0 Å². The molecule has 0 unspecified atom stereocenters.